The molecule has 3 N–H and O–H groups in total. The highest BCUT2D eigenvalue weighted by atomic mass is 15.1. The van der Waals surface area contributed by atoms with Crippen molar-refractivity contribution in [1.29, 1.82) is 0 Å². The normalized spacial score (nSPS) is 13.1. The number of rotatable bonds is 6. The van der Waals surface area contributed by atoms with Crippen LogP contribution in [0.25, 0.3) is 11.0 Å². The quantitative estimate of drug-likeness (QED) is 0.836. The molecule has 0 amide bonds. The molecule has 1 atom stereocenters. The lowest BCUT2D eigenvalue weighted by Gasteiger charge is -2.21. The SMILES string of the molecule is CCC(CC)C(N)CNc1nccc2c1ncn2C. The lowest BCUT2D eigenvalue weighted by molar-refractivity contribution is 0.407. The second-order valence-corrected chi connectivity index (χ2v) is 5.00. The molecule has 0 aliphatic rings. The molecule has 104 valence electrons. The van der Waals surface area contributed by atoms with Crippen LogP contribution in [-0.4, -0.2) is 27.1 Å². The predicted molar refractivity (Wildman–Crippen MR) is 79.0 cm³/mol. The summed E-state index contributed by atoms with van der Waals surface area (Å²) in [7, 11) is 1.98. The van der Waals surface area contributed by atoms with Gasteiger partial charge in [-0.15, -0.1) is 0 Å². The number of fused-ring (bicyclic) bond motifs is 1. The second kappa shape index (κ2) is 6.02. The van der Waals surface area contributed by atoms with Gasteiger partial charge in [-0.2, -0.15) is 0 Å². The van der Waals surface area contributed by atoms with Gasteiger partial charge >= 0.3 is 0 Å². The first kappa shape index (κ1) is 13.8. The van der Waals surface area contributed by atoms with E-state index in [4.69, 9.17) is 5.73 Å². The smallest absolute Gasteiger partial charge is 0.154 e. The fraction of sp³-hybridized carbons (Fsp3) is 0.571. The van der Waals surface area contributed by atoms with E-state index in [1.165, 1.54) is 0 Å². The summed E-state index contributed by atoms with van der Waals surface area (Å²) in [6.07, 6.45) is 5.83. The van der Waals surface area contributed by atoms with Crippen LogP contribution in [-0.2, 0) is 7.05 Å². The predicted octanol–water partition coefficient (Wildman–Crippen LogP) is 2.14. The molecule has 5 nitrogen and oxygen atoms in total. The number of aromatic nitrogens is 3. The van der Waals surface area contributed by atoms with Gasteiger partial charge in [0.2, 0.25) is 0 Å². The number of hydrogen-bond donors (Lipinski definition) is 2. The highest BCUT2D eigenvalue weighted by Gasteiger charge is 2.14. The largest absolute Gasteiger partial charge is 0.367 e. The molecule has 0 radical (unpaired) electrons. The number of anilines is 1. The van der Waals surface area contributed by atoms with Crippen LogP contribution in [0.1, 0.15) is 26.7 Å². The molecule has 2 heterocycles. The van der Waals surface area contributed by atoms with Crippen molar-refractivity contribution in [3.8, 4) is 0 Å². The third-order valence-corrected chi connectivity index (χ3v) is 3.80. The van der Waals surface area contributed by atoms with E-state index in [1.807, 2.05) is 17.7 Å². The summed E-state index contributed by atoms with van der Waals surface area (Å²) in [5.74, 6) is 1.37. The monoisotopic (exact) mass is 261 g/mol. The average molecular weight is 261 g/mol. The maximum atomic E-state index is 6.22. The zero-order chi connectivity index (χ0) is 13.8. The first-order valence-electron chi connectivity index (χ1n) is 6.92. The molecule has 2 rings (SSSR count). The molecule has 0 saturated heterocycles. The molecule has 0 aliphatic carbocycles. The lowest BCUT2D eigenvalue weighted by Crippen LogP contribution is -2.36. The van der Waals surface area contributed by atoms with Crippen molar-refractivity contribution in [3.05, 3.63) is 18.6 Å². The maximum Gasteiger partial charge on any atom is 0.154 e. The Morgan fingerprint density at radius 3 is 2.74 bits per heavy atom. The zero-order valence-electron chi connectivity index (χ0n) is 11.9. The summed E-state index contributed by atoms with van der Waals surface area (Å²) in [6.45, 7) is 5.10. The van der Waals surface area contributed by atoms with E-state index in [9.17, 15) is 0 Å². The Morgan fingerprint density at radius 1 is 1.32 bits per heavy atom. The van der Waals surface area contributed by atoms with Gasteiger partial charge in [-0.25, -0.2) is 9.97 Å². The summed E-state index contributed by atoms with van der Waals surface area (Å²) in [6, 6.07) is 2.12. The minimum atomic E-state index is 0.149. The number of imidazole rings is 1. The van der Waals surface area contributed by atoms with Gasteiger partial charge in [0, 0.05) is 25.8 Å². The Bertz CT molecular complexity index is 530. The fourth-order valence-electron chi connectivity index (χ4n) is 2.47. The van der Waals surface area contributed by atoms with Crippen LogP contribution in [0.4, 0.5) is 5.82 Å². The van der Waals surface area contributed by atoms with E-state index in [0.29, 0.717) is 5.92 Å². The van der Waals surface area contributed by atoms with Crippen molar-refractivity contribution >= 4 is 16.9 Å². The molecule has 0 aromatic carbocycles. The van der Waals surface area contributed by atoms with Gasteiger partial charge in [0.15, 0.2) is 5.82 Å². The Kier molecular flexibility index (Phi) is 4.37. The van der Waals surface area contributed by atoms with Crippen LogP contribution in [0, 0.1) is 5.92 Å². The van der Waals surface area contributed by atoms with Gasteiger partial charge in [0.1, 0.15) is 5.52 Å². The minimum Gasteiger partial charge on any atom is -0.367 e. The Balaban J connectivity index is 2.09. The van der Waals surface area contributed by atoms with Gasteiger partial charge in [-0.3, -0.25) is 0 Å². The number of nitrogens with two attached hydrogens (primary N) is 1. The van der Waals surface area contributed by atoms with Gasteiger partial charge < -0.3 is 15.6 Å². The molecule has 0 aliphatic heterocycles. The molecular formula is C14H23N5. The molecule has 2 aromatic rings. The number of nitrogens with zero attached hydrogens (tertiary/aromatic N) is 3. The summed E-state index contributed by atoms with van der Waals surface area (Å²) in [5.41, 5.74) is 8.20. The summed E-state index contributed by atoms with van der Waals surface area (Å²) >= 11 is 0. The molecule has 1 unspecified atom stereocenters. The number of hydrogen-bond acceptors (Lipinski definition) is 4. The van der Waals surface area contributed by atoms with E-state index in [2.05, 4.69) is 29.1 Å². The van der Waals surface area contributed by atoms with Crippen LogP contribution in [0.5, 0.6) is 0 Å². The number of nitrogens with one attached hydrogen (secondary N) is 1. The molecule has 0 spiro atoms. The zero-order valence-corrected chi connectivity index (χ0v) is 11.9. The van der Waals surface area contributed by atoms with E-state index in [0.717, 1.165) is 36.2 Å². The van der Waals surface area contributed by atoms with Crippen molar-refractivity contribution < 1.29 is 0 Å². The standard InChI is InChI=1S/C14H23N5/c1-4-10(5-2)11(15)8-17-14-13-12(6-7-16-14)19(3)9-18-13/h6-7,9-11H,4-5,8,15H2,1-3H3,(H,16,17). The van der Waals surface area contributed by atoms with E-state index in [-0.39, 0.29) is 6.04 Å². The van der Waals surface area contributed by atoms with Crippen molar-refractivity contribution in [2.75, 3.05) is 11.9 Å². The highest BCUT2D eigenvalue weighted by molar-refractivity contribution is 5.85. The molecule has 2 aromatic heterocycles. The van der Waals surface area contributed by atoms with Gasteiger partial charge in [-0.1, -0.05) is 26.7 Å². The Hall–Kier alpha value is -1.62. The average Bonchev–Trinajstić information content (AvgIpc) is 2.80. The third kappa shape index (κ3) is 2.87. The maximum absolute atomic E-state index is 6.22. The van der Waals surface area contributed by atoms with Crippen molar-refractivity contribution in [1.82, 2.24) is 14.5 Å². The molecule has 19 heavy (non-hydrogen) atoms. The summed E-state index contributed by atoms with van der Waals surface area (Å²) in [5, 5.41) is 3.34. The van der Waals surface area contributed by atoms with Crippen LogP contribution >= 0.6 is 0 Å². The van der Waals surface area contributed by atoms with E-state index < -0.39 is 0 Å². The van der Waals surface area contributed by atoms with Crippen LogP contribution in [0.2, 0.25) is 0 Å². The second-order valence-electron chi connectivity index (χ2n) is 5.00. The van der Waals surface area contributed by atoms with Gasteiger partial charge in [0.05, 0.1) is 11.8 Å². The van der Waals surface area contributed by atoms with Crippen molar-refractivity contribution in [2.24, 2.45) is 18.7 Å². The van der Waals surface area contributed by atoms with Crippen LogP contribution in [0.15, 0.2) is 18.6 Å². The summed E-state index contributed by atoms with van der Waals surface area (Å²) in [4.78, 5) is 8.74. The fourth-order valence-corrected chi connectivity index (χ4v) is 2.47. The molecule has 0 saturated carbocycles. The van der Waals surface area contributed by atoms with Crippen molar-refractivity contribution in [2.45, 2.75) is 32.7 Å². The number of pyridine rings is 1. The van der Waals surface area contributed by atoms with Gasteiger partial charge in [0.25, 0.3) is 0 Å². The first-order valence-corrected chi connectivity index (χ1v) is 6.92. The topological polar surface area (TPSA) is 68.8 Å². The molecule has 0 bridgehead atoms. The summed E-state index contributed by atoms with van der Waals surface area (Å²) < 4.78 is 1.99. The first-order chi connectivity index (χ1) is 9.17. The molecule has 5 heteroatoms. The Morgan fingerprint density at radius 2 is 2.05 bits per heavy atom. The van der Waals surface area contributed by atoms with Crippen molar-refractivity contribution in [3.63, 3.8) is 0 Å². The lowest BCUT2D eigenvalue weighted by atomic mass is 9.95. The third-order valence-electron chi connectivity index (χ3n) is 3.80. The van der Waals surface area contributed by atoms with E-state index in [1.54, 1.807) is 12.5 Å². The van der Waals surface area contributed by atoms with Crippen LogP contribution < -0.4 is 11.1 Å². The van der Waals surface area contributed by atoms with E-state index >= 15 is 0 Å². The van der Waals surface area contributed by atoms with Crippen LogP contribution in [0.3, 0.4) is 0 Å². The molecule has 0 fully saturated rings. The Labute approximate surface area is 114 Å². The minimum absolute atomic E-state index is 0.149. The molecular weight excluding hydrogens is 238 g/mol. The van der Waals surface area contributed by atoms with Gasteiger partial charge in [-0.05, 0) is 12.0 Å². The highest BCUT2D eigenvalue weighted by Crippen LogP contribution is 2.19. The number of aryl methyl sites for hydroxylation is 1.